The van der Waals surface area contributed by atoms with Crippen LogP contribution >= 0.6 is 0 Å². The fourth-order valence-corrected chi connectivity index (χ4v) is 4.45. The minimum atomic E-state index is -0.944. The molecule has 0 saturated heterocycles. The molecule has 1 aliphatic rings. The molecule has 5 nitrogen and oxygen atoms in total. The van der Waals surface area contributed by atoms with E-state index in [1.807, 2.05) is 36.4 Å². The number of carboxylic acid groups (broad SMARTS) is 1. The van der Waals surface area contributed by atoms with Crippen molar-refractivity contribution in [2.24, 2.45) is 0 Å². The maximum absolute atomic E-state index is 11.3. The highest BCUT2D eigenvalue weighted by Crippen LogP contribution is 2.50. The van der Waals surface area contributed by atoms with Gasteiger partial charge in [0.1, 0.15) is 11.5 Å². The van der Waals surface area contributed by atoms with E-state index in [-0.39, 0.29) is 5.92 Å². The van der Waals surface area contributed by atoms with Gasteiger partial charge in [-0.25, -0.2) is 4.79 Å². The van der Waals surface area contributed by atoms with Crippen molar-refractivity contribution in [2.75, 3.05) is 20.3 Å². The van der Waals surface area contributed by atoms with Crippen LogP contribution in [0.5, 0.6) is 11.5 Å². The Labute approximate surface area is 188 Å². The number of aliphatic carboxylic acids is 1. The van der Waals surface area contributed by atoms with Gasteiger partial charge < -0.3 is 19.3 Å². The molecule has 2 unspecified atom stereocenters. The molecular weight excluding hydrogens is 404 g/mol. The van der Waals surface area contributed by atoms with Crippen LogP contribution in [0.4, 0.5) is 0 Å². The lowest BCUT2D eigenvalue weighted by Crippen LogP contribution is -2.26. The SMILES string of the molecule is CCOC(Cc1ccc(OCCC2c3ccccc3-c3c(OC)cccc32)cc1)C(=O)O. The molecule has 5 heteroatoms. The van der Waals surface area contributed by atoms with Crippen molar-refractivity contribution >= 4 is 5.97 Å². The van der Waals surface area contributed by atoms with Crippen LogP contribution in [0, 0.1) is 0 Å². The summed E-state index contributed by atoms with van der Waals surface area (Å²) in [5, 5.41) is 9.26. The quantitative estimate of drug-likeness (QED) is 0.470. The van der Waals surface area contributed by atoms with Gasteiger partial charge in [0.05, 0.1) is 13.7 Å². The third kappa shape index (κ3) is 4.48. The van der Waals surface area contributed by atoms with Crippen molar-refractivity contribution in [3.05, 3.63) is 83.4 Å². The van der Waals surface area contributed by atoms with Gasteiger partial charge in [-0.1, -0.05) is 48.5 Å². The number of methoxy groups -OCH3 is 1. The first-order valence-electron chi connectivity index (χ1n) is 10.9. The third-order valence-electron chi connectivity index (χ3n) is 5.92. The number of hydrogen-bond donors (Lipinski definition) is 1. The van der Waals surface area contributed by atoms with Crippen molar-refractivity contribution in [3.8, 4) is 22.6 Å². The van der Waals surface area contributed by atoms with Crippen molar-refractivity contribution in [3.63, 3.8) is 0 Å². The molecule has 4 rings (SSSR count). The molecule has 0 bridgehead atoms. The smallest absolute Gasteiger partial charge is 0.333 e. The summed E-state index contributed by atoms with van der Waals surface area (Å²) in [6, 6.07) is 22.3. The number of ether oxygens (including phenoxy) is 3. The van der Waals surface area contributed by atoms with Crippen LogP contribution < -0.4 is 9.47 Å². The van der Waals surface area contributed by atoms with Crippen LogP contribution in [0.1, 0.15) is 36.0 Å². The molecule has 3 aromatic rings. The van der Waals surface area contributed by atoms with Gasteiger partial charge in [0.15, 0.2) is 6.10 Å². The van der Waals surface area contributed by atoms with Gasteiger partial charge in [-0.15, -0.1) is 0 Å². The van der Waals surface area contributed by atoms with Gasteiger partial charge in [-0.3, -0.25) is 0 Å². The maximum Gasteiger partial charge on any atom is 0.333 e. The number of carboxylic acids is 1. The van der Waals surface area contributed by atoms with Crippen LogP contribution in [-0.2, 0) is 16.0 Å². The number of benzene rings is 3. The van der Waals surface area contributed by atoms with Crippen LogP contribution in [0.25, 0.3) is 11.1 Å². The zero-order valence-electron chi connectivity index (χ0n) is 18.4. The van der Waals surface area contributed by atoms with E-state index in [1.165, 1.54) is 22.3 Å². The Kier molecular flexibility index (Phi) is 6.76. The second-order valence-corrected chi connectivity index (χ2v) is 7.83. The second kappa shape index (κ2) is 9.88. The Morgan fingerprint density at radius 3 is 2.47 bits per heavy atom. The number of rotatable bonds is 10. The van der Waals surface area contributed by atoms with E-state index in [0.717, 1.165) is 23.5 Å². The van der Waals surface area contributed by atoms with E-state index < -0.39 is 12.1 Å². The van der Waals surface area contributed by atoms with E-state index in [1.54, 1.807) is 14.0 Å². The first kappa shape index (κ1) is 21.9. The van der Waals surface area contributed by atoms with Gasteiger partial charge in [-0.05, 0) is 53.8 Å². The van der Waals surface area contributed by atoms with Gasteiger partial charge in [-0.2, -0.15) is 0 Å². The van der Waals surface area contributed by atoms with Gasteiger partial charge >= 0.3 is 5.97 Å². The van der Waals surface area contributed by atoms with Gasteiger partial charge in [0.25, 0.3) is 0 Å². The average molecular weight is 433 g/mol. The van der Waals surface area contributed by atoms with Crippen molar-refractivity contribution in [1.82, 2.24) is 0 Å². The second-order valence-electron chi connectivity index (χ2n) is 7.83. The Morgan fingerprint density at radius 2 is 1.75 bits per heavy atom. The summed E-state index contributed by atoms with van der Waals surface area (Å²) >= 11 is 0. The zero-order valence-corrected chi connectivity index (χ0v) is 18.4. The fraction of sp³-hybridized carbons (Fsp3) is 0.296. The molecule has 2 atom stereocenters. The zero-order chi connectivity index (χ0) is 22.5. The average Bonchev–Trinajstić information content (AvgIpc) is 3.14. The lowest BCUT2D eigenvalue weighted by atomic mass is 9.94. The summed E-state index contributed by atoms with van der Waals surface area (Å²) in [4.78, 5) is 11.3. The van der Waals surface area contributed by atoms with Crippen molar-refractivity contribution in [2.45, 2.75) is 31.8 Å². The Bertz CT molecular complexity index is 1070. The molecule has 0 amide bonds. The maximum atomic E-state index is 11.3. The third-order valence-corrected chi connectivity index (χ3v) is 5.92. The summed E-state index contributed by atoms with van der Waals surface area (Å²) in [5.41, 5.74) is 5.91. The lowest BCUT2D eigenvalue weighted by Gasteiger charge is -2.15. The van der Waals surface area contributed by atoms with Gasteiger partial charge in [0.2, 0.25) is 0 Å². The number of carbonyl (C=O) groups is 1. The molecule has 0 saturated carbocycles. The minimum Gasteiger partial charge on any atom is -0.496 e. The number of fused-ring (bicyclic) bond motifs is 3. The highest BCUT2D eigenvalue weighted by atomic mass is 16.5. The predicted octanol–water partition coefficient (Wildman–Crippen LogP) is 5.31. The van der Waals surface area contributed by atoms with E-state index in [9.17, 15) is 9.90 Å². The minimum absolute atomic E-state index is 0.262. The standard InChI is InChI=1S/C27H28O5/c1-3-31-25(27(28)29)17-18-11-13-19(14-12-18)32-16-15-21-20-7-4-5-8-22(20)26-23(21)9-6-10-24(26)30-2/h4-14,21,25H,3,15-17H2,1-2H3,(H,28,29). The molecule has 32 heavy (non-hydrogen) atoms. The van der Waals surface area contributed by atoms with E-state index >= 15 is 0 Å². The highest BCUT2D eigenvalue weighted by Gasteiger charge is 2.30. The van der Waals surface area contributed by atoms with E-state index in [4.69, 9.17) is 14.2 Å². The van der Waals surface area contributed by atoms with E-state index in [2.05, 4.69) is 30.3 Å². The summed E-state index contributed by atoms with van der Waals surface area (Å²) in [5.74, 6) is 0.994. The molecule has 1 aliphatic carbocycles. The first-order valence-corrected chi connectivity index (χ1v) is 10.9. The van der Waals surface area contributed by atoms with E-state index in [0.29, 0.717) is 19.6 Å². The van der Waals surface area contributed by atoms with Crippen LogP contribution in [0.15, 0.2) is 66.7 Å². The van der Waals surface area contributed by atoms with Crippen LogP contribution in [0.3, 0.4) is 0 Å². The molecule has 0 spiro atoms. The Balaban J connectivity index is 1.42. The predicted molar refractivity (Wildman–Crippen MR) is 124 cm³/mol. The molecular formula is C27H28O5. The largest absolute Gasteiger partial charge is 0.496 e. The van der Waals surface area contributed by atoms with Crippen molar-refractivity contribution in [1.29, 1.82) is 0 Å². The molecule has 0 radical (unpaired) electrons. The lowest BCUT2D eigenvalue weighted by molar-refractivity contribution is -0.149. The Hall–Kier alpha value is -3.31. The molecule has 166 valence electrons. The van der Waals surface area contributed by atoms with Crippen LogP contribution in [-0.4, -0.2) is 37.5 Å². The normalized spacial score (nSPS) is 15.0. The highest BCUT2D eigenvalue weighted by molar-refractivity contribution is 5.83. The molecule has 0 heterocycles. The molecule has 3 aromatic carbocycles. The van der Waals surface area contributed by atoms with Gasteiger partial charge in [0, 0.05) is 24.5 Å². The molecule has 1 N–H and O–H groups in total. The number of hydrogen-bond acceptors (Lipinski definition) is 4. The Morgan fingerprint density at radius 1 is 1.00 bits per heavy atom. The molecule has 0 aromatic heterocycles. The summed E-state index contributed by atoms with van der Waals surface area (Å²) < 4.78 is 17.0. The fourth-order valence-electron chi connectivity index (χ4n) is 4.45. The molecule has 0 aliphatic heterocycles. The topological polar surface area (TPSA) is 65.0 Å². The van der Waals surface area contributed by atoms with Crippen LogP contribution in [0.2, 0.25) is 0 Å². The summed E-state index contributed by atoms with van der Waals surface area (Å²) in [6.07, 6.45) is 0.358. The van der Waals surface area contributed by atoms with Crippen molar-refractivity contribution < 1.29 is 24.1 Å². The summed E-state index contributed by atoms with van der Waals surface area (Å²) in [6.45, 7) is 2.74. The monoisotopic (exact) mass is 432 g/mol. The molecule has 0 fully saturated rings. The summed E-state index contributed by atoms with van der Waals surface area (Å²) in [7, 11) is 1.71. The first-order chi connectivity index (χ1) is 15.6.